The maximum Gasteiger partial charge on any atom is 0.412 e. The largest absolute Gasteiger partial charge is 0.412 e. The van der Waals surface area contributed by atoms with Gasteiger partial charge in [-0.1, -0.05) is 58.5 Å². The summed E-state index contributed by atoms with van der Waals surface area (Å²) in [6.07, 6.45) is 1.61. The van der Waals surface area contributed by atoms with E-state index in [-0.39, 0.29) is 12.1 Å². The van der Waals surface area contributed by atoms with Crippen LogP contribution in [-0.4, -0.2) is 34.1 Å². The van der Waals surface area contributed by atoms with Crippen LogP contribution in [0.5, 0.6) is 5.75 Å². The molecule has 0 aliphatic heterocycles. The van der Waals surface area contributed by atoms with Crippen LogP contribution in [0.25, 0.3) is 0 Å². The average Bonchev–Trinajstić information content (AvgIpc) is 2.48. The Balaban J connectivity index is 2.58. The van der Waals surface area contributed by atoms with Crippen molar-refractivity contribution in [3.63, 3.8) is 0 Å². The summed E-state index contributed by atoms with van der Waals surface area (Å²) in [5.74, 6) is 0.578. The minimum absolute atomic E-state index is 0.138. The third-order valence-electron chi connectivity index (χ3n) is 3.21. The first-order valence-corrected chi connectivity index (χ1v) is 10.6. The van der Waals surface area contributed by atoms with Crippen LogP contribution in [0.3, 0.4) is 0 Å². The molecule has 124 valence electrons. The van der Waals surface area contributed by atoms with E-state index >= 15 is 0 Å². The van der Waals surface area contributed by atoms with Gasteiger partial charge in [0.25, 0.3) is 0 Å². The smallest absolute Gasteiger partial charge is 0.410 e. The van der Waals surface area contributed by atoms with Crippen molar-refractivity contribution in [3.8, 4) is 5.75 Å². The van der Waals surface area contributed by atoms with Crippen LogP contribution in [0, 0.1) is 0 Å². The number of alkyl halides is 2. The number of anilines is 1. The Morgan fingerprint density at radius 2 is 1.82 bits per heavy atom. The van der Waals surface area contributed by atoms with E-state index in [0.717, 1.165) is 34.8 Å². The van der Waals surface area contributed by atoms with Crippen molar-refractivity contribution in [3.05, 3.63) is 24.3 Å². The van der Waals surface area contributed by atoms with Crippen molar-refractivity contribution in [2.75, 3.05) is 26.8 Å². The Labute approximate surface area is 160 Å². The number of carbonyl (C=O) groups excluding carboxylic acids is 1. The lowest BCUT2D eigenvalue weighted by Crippen LogP contribution is -2.34. The van der Waals surface area contributed by atoms with Crippen molar-refractivity contribution in [2.45, 2.75) is 32.7 Å². The topological polar surface area (TPSA) is 41.6 Å². The SMILES string of the molecule is CCC[C@@H](C)NC(=O)Oc1ccc(N(CCI)CCI)cc1. The highest BCUT2D eigenvalue weighted by atomic mass is 127. The summed E-state index contributed by atoms with van der Waals surface area (Å²) in [7, 11) is 0. The molecule has 4 nitrogen and oxygen atoms in total. The highest BCUT2D eigenvalue weighted by Gasteiger charge is 2.09. The van der Waals surface area contributed by atoms with Crippen LogP contribution in [0.1, 0.15) is 26.7 Å². The zero-order chi connectivity index (χ0) is 16.4. The van der Waals surface area contributed by atoms with Crippen LogP contribution in [-0.2, 0) is 0 Å². The van der Waals surface area contributed by atoms with E-state index < -0.39 is 0 Å². The van der Waals surface area contributed by atoms with Crippen molar-refractivity contribution in [1.29, 1.82) is 0 Å². The molecule has 1 aromatic rings. The predicted molar refractivity (Wildman–Crippen MR) is 110 cm³/mol. The second-order valence-corrected chi connectivity index (χ2v) is 7.24. The molecule has 0 aliphatic rings. The molecule has 0 bridgehead atoms. The molecule has 0 saturated carbocycles. The van der Waals surface area contributed by atoms with Crippen LogP contribution >= 0.6 is 45.2 Å². The molecule has 1 rings (SSSR count). The highest BCUT2D eigenvalue weighted by molar-refractivity contribution is 14.1. The number of halogens is 2. The van der Waals surface area contributed by atoms with Gasteiger partial charge in [-0.15, -0.1) is 0 Å². The third kappa shape index (κ3) is 7.34. The minimum atomic E-state index is -0.384. The fourth-order valence-electron chi connectivity index (χ4n) is 2.14. The zero-order valence-corrected chi connectivity index (χ0v) is 17.5. The molecule has 22 heavy (non-hydrogen) atoms. The Hall–Kier alpha value is -0.250. The van der Waals surface area contributed by atoms with E-state index in [4.69, 9.17) is 4.74 Å². The molecule has 0 aromatic heterocycles. The fraction of sp³-hybridized carbons (Fsp3) is 0.562. The van der Waals surface area contributed by atoms with Gasteiger partial charge >= 0.3 is 6.09 Å². The summed E-state index contributed by atoms with van der Waals surface area (Å²) in [4.78, 5) is 14.1. The van der Waals surface area contributed by atoms with E-state index in [9.17, 15) is 4.79 Å². The molecule has 1 N–H and O–H groups in total. The molecule has 0 unspecified atom stereocenters. The van der Waals surface area contributed by atoms with Crippen molar-refractivity contribution in [2.24, 2.45) is 0 Å². The molecule has 6 heteroatoms. The monoisotopic (exact) mass is 530 g/mol. The van der Waals surface area contributed by atoms with Gasteiger partial charge in [0.05, 0.1) is 0 Å². The van der Waals surface area contributed by atoms with E-state index in [1.807, 2.05) is 31.2 Å². The number of benzene rings is 1. The summed E-state index contributed by atoms with van der Waals surface area (Å²) in [5.41, 5.74) is 1.17. The third-order valence-corrected chi connectivity index (χ3v) is 4.17. The summed E-state index contributed by atoms with van der Waals surface area (Å²) in [5, 5.41) is 2.83. The first-order valence-electron chi connectivity index (χ1n) is 7.56. The van der Waals surface area contributed by atoms with Crippen molar-refractivity contribution >= 4 is 57.0 Å². The number of ether oxygens (including phenoxy) is 1. The van der Waals surface area contributed by atoms with Crippen molar-refractivity contribution < 1.29 is 9.53 Å². The summed E-state index contributed by atoms with van der Waals surface area (Å²) < 4.78 is 7.49. The van der Waals surface area contributed by atoms with E-state index in [1.165, 1.54) is 5.69 Å². The molecular formula is C16H24I2N2O2. The quantitative estimate of drug-likeness (QED) is 0.374. The molecule has 0 radical (unpaired) electrons. The number of hydrogen-bond donors (Lipinski definition) is 1. The Bertz CT molecular complexity index is 434. The highest BCUT2D eigenvalue weighted by Crippen LogP contribution is 2.20. The lowest BCUT2D eigenvalue weighted by Gasteiger charge is -2.23. The summed E-state index contributed by atoms with van der Waals surface area (Å²) in [6, 6.07) is 7.87. The van der Waals surface area contributed by atoms with Gasteiger partial charge in [0.15, 0.2) is 0 Å². The second-order valence-electron chi connectivity index (χ2n) is 5.08. The molecule has 1 amide bonds. The van der Waals surface area contributed by atoms with Gasteiger partial charge < -0.3 is 15.0 Å². The van der Waals surface area contributed by atoms with E-state index in [1.54, 1.807) is 0 Å². The molecule has 0 fully saturated rings. The Kier molecular flexibility index (Phi) is 10.2. The Morgan fingerprint density at radius 3 is 2.32 bits per heavy atom. The predicted octanol–water partition coefficient (Wildman–Crippen LogP) is 4.64. The van der Waals surface area contributed by atoms with Gasteiger partial charge in [0.1, 0.15) is 5.75 Å². The molecular weight excluding hydrogens is 506 g/mol. The van der Waals surface area contributed by atoms with Gasteiger partial charge in [-0.05, 0) is 37.6 Å². The normalized spacial score (nSPS) is 11.8. The maximum absolute atomic E-state index is 11.8. The van der Waals surface area contributed by atoms with Gasteiger partial charge in [-0.25, -0.2) is 4.79 Å². The summed E-state index contributed by atoms with van der Waals surface area (Å²) >= 11 is 4.78. The maximum atomic E-state index is 11.8. The van der Waals surface area contributed by atoms with Gasteiger partial charge in [0, 0.05) is 33.7 Å². The number of nitrogens with one attached hydrogen (secondary N) is 1. The number of nitrogens with zero attached hydrogens (tertiary/aromatic N) is 1. The second kappa shape index (κ2) is 11.3. The first kappa shape index (κ1) is 19.8. The van der Waals surface area contributed by atoms with Crippen LogP contribution < -0.4 is 15.0 Å². The first-order chi connectivity index (χ1) is 10.6. The molecule has 0 spiro atoms. The van der Waals surface area contributed by atoms with E-state index in [0.29, 0.717) is 5.75 Å². The Morgan fingerprint density at radius 1 is 1.23 bits per heavy atom. The average molecular weight is 530 g/mol. The standard InChI is InChI=1S/C16H24I2N2O2/c1-3-4-13(2)19-16(21)22-15-7-5-14(6-8-15)20(11-9-17)12-10-18/h5-8,13H,3-4,9-12H2,1-2H3,(H,19,21)/t13-/m1/s1. The summed E-state index contributed by atoms with van der Waals surface area (Å²) in [6.45, 7) is 6.14. The van der Waals surface area contributed by atoms with Gasteiger partial charge in [0.2, 0.25) is 0 Å². The number of amides is 1. The minimum Gasteiger partial charge on any atom is -0.410 e. The van der Waals surface area contributed by atoms with Gasteiger partial charge in [-0.2, -0.15) is 0 Å². The number of rotatable bonds is 9. The number of hydrogen-bond acceptors (Lipinski definition) is 3. The molecule has 0 aliphatic carbocycles. The molecule has 0 saturated heterocycles. The molecule has 1 aromatic carbocycles. The van der Waals surface area contributed by atoms with Crippen molar-refractivity contribution in [1.82, 2.24) is 5.32 Å². The molecule has 1 atom stereocenters. The molecule has 0 heterocycles. The van der Waals surface area contributed by atoms with Crippen LogP contribution in [0.2, 0.25) is 0 Å². The lowest BCUT2D eigenvalue weighted by atomic mass is 10.2. The lowest BCUT2D eigenvalue weighted by molar-refractivity contribution is 0.196. The fourth-order valence-corrected chi connectivity index (χ4v) is 3.31. The van der Waals surface area contributed by atoms with Gasteiger partial charge in [-0.3, -0.25) is 0 Å². The zero-order valence-electron chi connectivity index (χ0n) is 13.1. The van der Waals surface area contributed by atoms with Crippen LogP contribution in [0.15, 0.2) is 24.3 Å². The van der Waals surface area contributed by atoms with Crippen LogP contribution in [0.4, 0.5) is 10.5 Å². The number of carbonyl (C=O) groups is 1. The van der Waals surface area contributed by atoms with E-state index in [2.05, 4.69) is 62.3 Å².